The number of hydrogen-bond donors (Lipinski definition) is 2. The van der Waals surface area contributed by atoms with E-state index in [9.17, 15) is 14.4 Å². The smallest absolute Gasteiger partial charge is 0.344 e. The fourth-order valence-corrected chi connectivity index (χ4v) is 1.36. The number of rotatable bonds is 5. The van der Waals surface area contributed by atoms with Crippen molar-refractivity contribution < 1.29 is 23.9 Å². The molecule has 20 heavy (non-hydrogen) atoms. The van der Waals surface area contributed by atoms with E-state index in [4.69, 9.17) is 15.2 Å². The highest BCUT2D eigenvalue weighted by Crippen LogP contribution is 2.12. The summed E-state index contributed by atoms with van der Waals surface area (Å²) in [5.74, 6) is -0.990. The van der Waals surface area contributed by atoms with Crippen LogP contribution in [0.3, 0.4) is 0 Å². The van der Waals surface area contributed by atoms with Crippen molar-refractivity contribution in [1.29, 1.82) is 0 Å². The zero-order valence-electron chi connectivity index (χ0n) is 11.2. The molecule has 1 atom stereocenters. The third-order valence-electron chi connectivity index (χ3n) is 2.27. The topological polar surface area (TPSA) is 108 Å². The van der Waals surface area contributed by atoms with Crippen LogP contribution in [0, 0.1) is 6.92 Å². The molecule has 0 aliphatic heterocycles. The minimum absolute atomic E-state index is 0.336. The highest BCUT2D eigenvalue weighted by molar-refractivity contribution is 5.96. The van der Waals surface area contributed by atoms with Crippen molar-refractivity contribution in [2.45, 2.75) is 20.0 Å². The van der Waals surface area contributed by atoms with Crippen molar-refractivity contribution >= 4 is 17.9 Å². The van der Waals surface area contributed by atoms with Crippen LogP contribution in [0.25, 0.3) is 0 Å². The van der Waals surface area contributed by atoms with Gasteiger partial charge < -0.3 is 15.2 Å². The van der Waals surface area contributed by atoms with Crippen LogP contribution < -0.4 is 15.8 Å². The number of primary amides is 1. The van der Waals surface area contributed by atoms with E-state index in [0.717, 1.165) is 5.56 Å². The zero-order valence-corrected chi connectivity index (χ0v) is 11.2. The van der Waals surface area contributed by atoms with Crippen molar-refractivity contribution in [3.05, 3.63) is 29.8 Å². The maximum Gasteiger partial charge on any atom is 0.344 e. The molecule has 1 unspecified atom stereocenters. The highest BCUT2D eigenvalue weighted by Gasteiger charge is 2.19. The summed E-state index contributed by atoms with van der Waals surface area (Å²) in [4.78, 5) is 33.2. The molecule has 0 heterocycles. The van der Waals surface area contributed by atoms with E-state index < -0.39 is 24.0 Å². The fraction of sp³-hybridized carbons (Fsp3) is 0.308. The number of carbonyl (C=O) groups excluding carboxylic acids is 3. The fourth-order valence-electron chi connectivity index (χ4n) is 1.36. The normalized spacial score (nSPS) is 11.3. The standard InChI is InChI=1S/C13H16N2O5/c1-8-4-3-5-10(6-8)19-7-11(16)20-9(2)12(17)15-13(14)18/h3-6,9H,7H2,1-2H3,(H3,14,15,17,18). The van der Waals surface area contributed by atoms with Gasteiger partial charge in [-0.1, -0.05) is 12.1 Å². The first-order valence-corrected chi connectivity index (χ1v) is 5.87. The number of nitrogens with one attached hydrogen (secondary N) is 1. The van der Waals surface area contributed by atoms with Crippen molar-refractivity contribution in [2.24, 2.45) is 5.73 Å². The molecule has 0 bridgehead atoms. The summed E-state index contributed by atoms with van der Waals surface area (Å²) in [5.41, 5.74) is 5.77. The number of benzene rings is 1. The Morgan fingerprint density at radius 3 is 2.65 bits per heavy atom. The van der Waals surface area contributed by atoms with Gasteiger partial charge >= 0.3 is 12.0 Å². The lowest BCUT2D eigenvalue weighted by atomic mass is 10.2. The molecule has 7 heteroatoms. The van der Waals surface area contributed by atoms with Crippen LogP contribution >= 0.6 is 0 Å². The van der Waals surface area contributed by atoms with Gasteiger partial charge in [-0.05, 0) is 31.5 Å². The monoisotopic (exact) mass is 280 g/mol. The molecule has 0 aromatic heterocycles. The van der Waals surface area contributed by atoms with E-state index in [1.54, 1.807) is 18.2 Å². The Labute approximate surface area is 116 Å². The Morgan fingerprint density at radius 2 is 2.05 bits per heavy atom. The summed E-state index contributed by atoms with van der Waals surface area (Å²) < 4.78 is 9.99. The second-order valence-corrected chi connectivity index (χ2v) is 4.09. The van der Waals surface area contributed by atoms with Crippen LogP contribution in [-0.2, 0) is 14.3 Å². The summed E-state index contributed by atoms with van der Waals surface area (Å²) in [6.07, 6.45) is -1.13. The number of aryl methyl sites for hydroxylation is 1. The predicted octanol–water partition coefficient (Wildman–Crippen LogP) is 0.500. The third-order valence-corrected chi connectivity index (χ3v) is 2.27. The van der Waals surface area contributed by atoms with Gasteiger partial charge in [0.25, 0.3) is 5.91 Å². The number of esters is 1. The lowest BCUT2D eigenvalue weighted by molar-refractivity contribution is -0.156. The van der Waals surface area contributed by atoms with Gasteiger partial charge in [0.1, 0.15) is 5.75 Å². The molecule has 0 saturated carbocycles. The van der Waals surface area contributed by atoms with Crippen molar-refractivity contribution in [3.8, 4) is 5.75 Å². The molecule has 0 aliphatic carbocycles. The Bertz CT molecular complexity index is 515. The Kier molecular flexibility index (Phi) is 5.52. The molecule has 3 amide bonds. The van der Waals surface area contributed by atoms with Crippen LogP contribution in [0.4, 0.5) is 4.79 Å². The van der Waals surface area contributed by atoms with Gasteiger partial charge in [0.15, 0.2) is 12.7 Å². The van der Waals surface area contributed by atoms with E-state index >= 15 is 0 Å². The molecular weight excluding hydrogens is 264 g/mol. The first kappa shape index (κ1) is 15.5. The van der Waals surface area contributed by atoms with Crippen LogP contribution in [0.5, 0.6) is 5.75 Å². The highest BCUT2D eigenvalue weighted by atomic mass is 16.6. The minimum atomic E-state index is -1.13. The molecule has 108 valence electrons. The Balaban J connectivity index is 2.40. The Hall–Kier alpha value is -2.57. The molecule has 1 aromatic rings. The number of imide groups is 1. The first-order valence-electron chi connectivity index (χ1n) is 5.87. The molecule has 0 aliphatic rings. The van der Waals surface area contributed by atoms with Gasteiger partial charge in [0.05, 0.1) is 0 Å². The van der Waals surface area contributed by atoms with E-state index in [1.165, 1.54) is 6.92 Å². The number of nitrogens with two attached hydrogens (primary N) is 1. The Morgan fingerprint density at radius 1 is 1.35 bits per heavy atom. The van der Waals surface area contributed by atoms with Crippen molar-refractivity contribution in [3.63, 3.8) is 0 Å². The second-order valence-electron chi connectivity index (χ2n) is 4.09. The van der Waals surface area contributed by atoms with Crippen LogP contribution in [-0.4, -0.2) is 30.6 Å². The zero-order chi connectivity index (χ0) is 15.1. The van der Waals surface area contributed by atoms with Gasteiger partial charge in [-0.3, -0.25) is 10.1 Å². The second kappa shape index (κ2) is 7.13. The van der Waals surface area contributed by atoms with Crippen LogP contribution in [0.1, 0.15) is 12.5 Å². The van der Waals surface area contributed by atoms with E-state index in [2.05, 4.69) is 0 Å². The number of amides is 3. The molecule has 0 spiro atoms. The lowest BCUT2D eigenvalue weighted by Crippen LogP contribution is -2.42. The van der Waals surface area contributed by atoms with E-state index in [1.807, 2.05) is 18.3 Å². The molecular formula is C13H16N2O5. The minimum Gasteiger partial charge on any atom is -0.482 e. The molecule has 1 aromatic carbocycles. The molecule has 1 rings (SSSR count). The third kappa shape index (κ3) is 5.38. The summed E-state index contributed by atoms with van der Waals surface area (Å²) in [7, 11) is 0. The van der Waals surface area contributed by atoms with E-state index in [0.29, 0.717) is 5.75 Å². The maximum absolute atomic E-state index is 11.5. The molecule has 3 N–H and O–H groups in total. The average molecular weight is 280 g/mol. The van der Waals surface area contributed by atoms with Crippen LogP contribution in [0.2, 0.25) is 0 Å². The van der Waals surface area contributed by atoms with Gasteiger partial charge in [0, 0.05) is 0 Å². The lowest BCUT2D eigenvalue weighted by Gasteiger charge is -2.12. The number of urea groups is 1. The summed E-state index contributed by atoms with van der Waals surface area (Å²) in [6.45, 7) is 2.88. The molecule has 0 fully saturated rings. The number of hydrogen-bond acceptors (Lipinski definition) is 5. The maximum atomic E-state index is 11.5. The SMILES string of the molecule is Cc1cccc(OCC(=O)OC(C)C(=O)NC(N)=O)c1. The number of ether oxygens (including phenoxy) is 2. The molecule has 0 saturated heterocycles. The molecule has 7 nitrogen and oxygen atoms in total. The van der Waals surface area contributed by atoms with Gasteiger partial charge in [0.2, 0.25) is 0 Å². The van der Waals surface area contributed by atoms with E-state index in [-0.39, 0.29) is 6.61 Å². The summed E-state index contributed by atoms with van der Waals surface area (Å²) >= 11 is 0. The average Bonchev–Trinajstić information content (AvgIpc) is 2.35. The summed E-state index contributed by atoms with van der Waals surface area (Å²) in [6, 6.07) is 6.13. The molecule has 0 radical (unpaired) electrons. The van der Waals surface area contributed by atoms with Crippen LogP contribution in [0.15, 0.2) is 24.3 Å². The predicted molar refractivity (Wildman–Crippen MR) is 70.0 cm³/mol. The van der Waals surface area contributed by atoms with Gasteiger partial charge in [-0.15, -0.1) is 0 Å². The quantitative estimate of drug-likeness (QED) is 0.764. The number of carbonyl (C=O) groups is 3. The first-order chi connectivity index (χ1) is 9.38. The van der Waals surface area contributed by atoms with Crippen molar-refractivity contribution in [2.75, 3.05) is 6.61 Å². The van der Waals surface area contributed by atoms with Gasteiger partial charge in [-0.25, -0.2) is 9.59 Å². The van der Waals surface area contributed by atoms with Crippen molar-refractivity contribution in [1.82, 2.24) is 5.32 Å². The van der Waals surface area contributed by atoms with Gasteiger partial charge in [-0.2, -0.15) is 0 Å². The largest absolute Gasteiger partial charge is 0.482 e. The summed E-state index contributed by atoms with van der Waals surface area (Å²) in [5, 5.41) is 1.81.